The van der Waals surface area contributed by atoms with Gasteiger partial charge in [-0.3, -0.25) is 4.55 Å². The average Bonchev–Trinajstić information content (AvgIpc) is 3.46. The summed E-state index contributed by atoms with van der Waals surface area (Å²) in [5.41, 5.74) is -1.44. The first kappa shape index (κ1) is 27.6. The second-order valence-electron chi connectivity index (χ2n) is 8.34. The van der Waals surface area contributed by atoms with Crippen molar-refractivity contribution in [2.45, 2.75) is 40.8 Å². The summed E-state index contributed by atoms with van der Waals surface area (Å²) in [5, 5.41) is 18.7. The van der Waals surface area contributed by atoms with Crippen molar-refractivity contribution < 1.29 is 44.9 Å². The smallest absolute Gasteiger partial charge is 0.388 e. The van der Waals surface area contributed by atoms with E-state index in [0.717, 1.165) is 16.4 Å². The molecule has 3 heterocycles. The van der Waals surface area contributed by atoms with E-state index in [4.69, 9.17) is 36.9 Å². The van der Waals surface area contributed by atoms with E-state index < -0.39 is 63.7 Å². The molecular weight excluding hydrogens is 598 g/mol. The number of fused-ring (bicyclic) bond motifs is 1. The summed E-state index contributed by atoms with van der Waals surface area (Å²) >= 11 is 13.0. The highest BCUT2D eigenvalue weighted by molar-refractivity contribution is 7.99. The Bertz CT molecular complexity index is 1460. The molecule has 2 fully saturated rings. The summed E-state index contributed by atoms with van der Waals surface area (Å²) in [6.07, 6.45) is -3.47. The molecule has 0 bridgehead atoms. The van der Waals surface area contributed by atoms with Crippen LogP contribution < -0.4 is 0 Å². The fourth-order valence-corrected chi connectivity index (χ4v) is 6.30. The third kappa shape index (κ3) is 5.52. The van der Waals surface area contributed by atoms with Crippen LogP contribution in [0.3, 0.4) is 0 Å². The van der Waals surface area contributed by atoms with Crippen LogP contribution >= 0.6 is 35.0 Å². The maximum atomic E-state index is 13.8. The number of hydrogen-bond donors (Lipinski definition) is 2. The van der Waals surface area contributed by atoms with E-state index in [2.05, 4.69) is 10.3 Å². The molecule has 5 rings (SSSR count). The third-order valence-electron chi connectivity index (χ3n) is 5.87. The Balaban J connectivity index is 1.56. The van der Waals surface area contributed by atoms with Crippen LogP contribution in [0, 0.1) is 17.5 Å². The first-order chi connectivity index (χ1) is 17.9. The quantitative estimate of drug-likeness (QED) is 0.313. The molecule has 4 unspecified atom stereocenters. The molecule has 2 aromatic carbocycles. The van der Waals surface area contributed by atoms with Crippen molar-refractivity contribution in [3.8, 4) is 11.3 Å². The number of halogens is 5. The maximum Gasteiger partial charge on any atom is 0.397 e. The first-order valence-electron chi connectivity index (χ1n) is 10.7. The van der Waals surface area contributed by atoms with Crippen molar-refractivity contribution in [3.05, 3.63) is 64.0 Å². The van der Waals surface area contributed by atoms with E-state index in [9.17, 15) is 31.2 Å². The molecule has 10 nitrogen and oxygen atoms in total. The van der Waals surface area contributed by atoms with Crippen molar-refractivity contribution >= 4 is 45.4 Å². The largest absolute Gasteiger partial charge is 0.397 e. The molecule has 6 atom stereocenters. The molecule has 1 aromatic heterocycles. The average molecular weight is 614 g/mol. The van der Waals surface area contributed by atoms with Crippen LogP contribution in [0.5, 0.6) is 0 Å². The Hall–Kier alpha value is -1.95. The minimum Gasteiger partial charge on any atom is -0.388 e. The summed E-state index contributed by atoms with van der Waals surface area (Å²) in [4.78, 5) is 0.482. The minimum absolute atomic E-state index is 0.0938. The summed E-state index contributed by atoms with van der Waals surface area (Å²) in [6, 6.07) is 4.82. The normalized spacial score (nSPS) is 27.4. The fourth-order valence-electron chi connectivity index (χ4n) is 4.24. The zero-order chi connectivity index (χ0) is 27.4. The van der Waals surface area contributed by atoms with Crippen molar-refractivity contribution in [2.24, 2.45) is 0 Å². The number of thioether (sulfide) groups is 1. The molecule has 0 aliphatic carbocycles. The van der Waals surface area contributed by atoms with E-state index in [1.54, 1.807) is 6.07 Å². The predicted molar refractivity (Wildman–Crippen MR) is 128 cm³/mol. The topological polar surface area (TPSA) is 133 Å². The number of aliphatic hydroxyl groups excluding tert-OH is 1. The fraction of sp³-hybridized carbons (Fsp3) is 0.333. The van der Waals surface area contributed by atoms with Crippen LogP contribution in [-0.2, 0) is 24.1 Å². The Morgan fingerprint density at radius 1 is 1.11 bits per heavy atom. The molecule has 204 valence electrons. The monoisotopic (exact) mass is 613 g/mol. The van der Waals surface area contributed by atoms with Gasteiger partial charge in [-0.05, 0) is 30.3 Å². The first-order valence-corrected chi connectivity index (χ1v) is 13.7. The highest BCUT2D eigenvalue weighted by atomic mass is 35.5. The number of benzene rings is 2. The highest BCUT2D eigenvalue weighted by Crippen LogP contribution is 2.45. The summed E-state index contributed by atoms with van der Waals surface area (Å²) in [6.45, 7) is -0.176. The second-order valence-corrected chi connectivity index (χ2v) is 11.4. The zero-order valence-electron chi connectivity index (χ0n) is 18.6. The summed E-state index contributed by atoms with van der Waals surface area (Å²) in [7, 11) is -5.07. The molecule has 17 heteroatoms. The summed E-state index contributed by atoms with van der Waals surface area (Å²) in [5.74, 6) is -4.56. The van der Waals surface area contributed by atoms with Crippen LogP contribution in [0.1, 0.15) is 6.04 Å². The summed E-state index contributed by atoms with van der Waals surface area (Å²) < 4.78 is 91.9. The van der Waals surface area contributed by atoms with Gasteiger partial charge in [0.15, 0.2) is 17.5 Å². The Morgan fingerprint density at radius 3 is 2.47 bits per heavy atom. The van der Waals surface area contributed by atoms with Gasteiger partial charge >= 0.3 is 10.4 Å². The van der Waals surface area contributed by atoms with Gasteiger partial charge in [0.1, 0.15) is 41.6 Å². The molecule has 3 aromatic rings. The zero-order valence-corrected chi connectivity index (χ0v) is 21.8. The van der Waals surface area contributed by atoms with Crippen molar-refractivity contribution in [1.29, 1.82) is 0 Å². The highest BCUT2D eigenvalue weighted by Gasteiger charge is 2.55. The van der Waals surface area contributed by atoms with Crippen LogP contribution in [-0.4, -0.2) is 69.5 Å². The molecule has 2 aliphatic heterocycles. The van der Waals surface area contributed by atoms with E-state index in [0.29, 0.717) is 17.0 Å². The molecule has 0 spiro atoms. The number of aromatic nitrogens is 3. The molecule has 38 heavy (non-hydrogen) atoms. The van der Waals surface area contributed by atoms with Gasteiger partial charge in [-0.15, -0.1) is 5.10 Å². The van der Waals surface area contributed by atoms with E-state index in [-0.39, 0.29) is 27.9 Å². The number of rotatable bonds is 6. The molecule has 2 N–H and O–H groups in total. The predicted octanol–water partition coefficient (Wildman–Crippen LogP) is 3.68. The Morgan fingerprint density at radius 2 is 1.82 bits per heavy atom. The number of hydrogen-bond acceptors (Lipinski definition) is 9. The van der Waals surface area contributed by atoms with Crippen LogP contribution in [0.4, 0.5) is 13.2 Å². The SMILES string of the molecule is O=S(=O)(O)OC1C(n2cc(-c3cc(F)c(F)c(F)c3)nn2)[C@H]2OCC(O)C2O[C@@H]1Sc1ccc(Cl)c(Cl)c1. The van der Waals surface area contributed by atoms with Gasteiger partial charge in [-0.1, -0.05) is 40.2 Å². The lowest BCUT2D eigenvalue weighted by Gasteiger charge is -2.42. The minimum atomic E-state index is -5.07. The van der Waals surface area contributed by atoms with Gasteiger partial charge in [-0.25, -0.2) is 22.0 Å². The van der Waals surface area contributed by atoms with Crippen molar-refractivity contribution in [3.63, 3.8) is 0 Å². The van der Waals surface area contributed by atoms with E-state index >= 15 is 0 Å². The molecule has 0 radical (unpaired) electrons. The second kappa shape index (κ2) is 10.6. The Labute approximate surface area is 227 Å². The standard InChI is InChI=1S/C21H16Cl2F3N3O7S2/c22-10-2-1-9(5-11(10)23)37-21-20(36-38(31,32)33)17(19-18(35-21)15(30)7-34-19)29-6-14(27-28-29)8-3-12(24)16(26)13(25)4-8/h1-6,15,17-21,30H,7H2,(H,31,32,33)/t15?,17?,18?,19-,20?,21-/m1/s1. The van der Waals surface area contributed by atoms with Crippen molar-refractivity contribution in [1.82, 2.24) is 15.0 Å². The van der Waals surface area contributed by atoms with Gasteiger partial charge in [0, 0.05) is 10.5 Å². The van der Waals surface area contributed by atoms with Gasteiger partial charge in [0.25, 0.3) is 0 Å². The van der Waals surface area contributed by atoms with Crippen molar-refractivity contribution in [2.75, 3.05) is 6.61 Å². The van der Waals surface area contributed by atoms with E-state index in [1.165, 1.54) is 18.3 Å². The number of aliphatic hydroxyl groups is 1. The lowest BCUT2D eigenvalue weighted by Crippen LogP contribution is -2.55. The number of ether oxygens (including phenoxy) is 2. The molecule has 2 saturated heterocycles. The number of nitrogens with zero attached hydrogens (tertiary/aromatic N) is 3. The molecule has 2 aliphatic rings. The van der Waals surface area contributed by atoms with Gasteiger partial charge in [0.05, 0.1) is 22.8 Å². The van der Waals surface area contributed by atoms with Gasteiger partial charge in [-0.2, -0.15) is 8.42 Å². The third-order valence-corrected chi connectivity index (χ3v) is 8.21. The van der Waals surface area contributed by atoms with Crippen LogP contribution in [0.2, 0.25) is 10.0 Å². The van der Waals surface area contributed by atoms with Gasteiger partial charge < -0.3 is 14.6 Å². The maximum absolute atomic E-state index is 13.8. The van der Waals surface area contributed by atoms with Gasteiger partial charge in [0.2, 0.25) is 0 Å². The van der Waals surface area contributed by atoms with Crippen LogP contribution in [0.25, 0.3) is 11.3 Å². The van der Waals surface area contributed by atoms with Crippen LogP contribution in [0.15, 0.2) is 41.4 Å². The molecule has 0 saturated carbocycles. The molecule has 0 amide bonds. The molecular formula is C21H16Cl2F3N3O7S2. The lowest BCUT2D eigenvalue weighted by molar-refractivity contribution is -0.154. The van der Waals surface area contributed by atoms with E-state index in [1.807, 2.05) is 0 Å². The lowest BCUT2D eigenvalue weighted by atomic mass is 9.96. The Kier molecular flexibility index (Phi) is 7.67.